The molecule has 2 N–H and O–H groups in total. The van der Waals surface area contributed by atoms with Gasteiger partial charge in [-0.1, -0.05) is 12.2 Å². The van der Waals surface area contributed by atoms with E-state index in [0.717, 1.165) is 22.9 Å². The summed E-state index contributed by atoms with van der Waals surface area (Å²) >= 11 is 5.23. The van der Waals surface area contributed by atoms with Crippen molar-refractivity contribution in [2.75, 3.05) is 33.4 Å². The molecule has 0 aromatic carbocycles. The Morgan fingerprint density at radius 3 is 2.32 bits per heavy atom. The number of carboxylic acids is 1. The fourth-order valence-corrected chi connectivity index (χ4v) is 8.87. The van der Waals surface area contributed by atoms with Gasteiger partial charge in [0.05, 0.1) is 32.9 Å². The summed E-state index contributed by atoms with van der Waals surface area (Å²) in [5, 5.41) is 19.5. The normalized spacial score (nSPS) is 37.9. The number of nitrogens with zero attached hydrogens (tertiary/aromatic N) is 2. The Kier molecular flexibility index (Phi) is 5.02. The molecule has 2 fully saturated rings. The van der Waals surface area contributed by atoms with Crippen molar-refractivity contribution in [1.29, 1.82) is 0 Å². The molecule has 3 rings (SSSR count). The number of carboxylic acid groups (broad SMARTS) is 1. The van der Waals surface area contributed by atoms with Crippen molar-refractivity contribution in [2.45, 2.75) is 18.9 Å². The number of nitro groups is 1. The van der Waals surface area contributed by atoms with Crippen molar-refractivity contribution >= 4 is 52.2 Å². The molecule has 1 aliphatic carbocycles. The summed E-state index contributed by atoms with van der Waals surface area (Å²) in [4.78, 5) is 19.3. The number of fused-ring (bicyclic) bond motifs is 3. The maximum Gasteiger partial charge on any atom is 0.332 e. The number of rotatable bonds is 5. The zero-order valence-electron chi connectivity index (χ0n) is 13.6. The van der Waals surface area contributed by atoms with Crippen LogP contribution in [0.25, 0.3) is 0 Å². The standard InChI is InChI=1S/C7H5NO7S3.C5H13NS/c9-4(10)5-2-1-3-6(16-3,18(13,14)15)7(5,17-5)8(11)12;1-6(2,3)4-5-7/h1-3H,(H,9,10)(H,13,14,15);4-5H2,1-3H3/p+1. The third-order valence-corrected chi connectivity index (χ3v) is 10.2. The van der Waals surface area contributed by atoms with Crippen LogP contribution in [0.1, 0.15) is 0 Å². The van der Waals surface area contributed by atoms with Crippen LogP contribution < -0.4 is 0 Å². The van der Waals surface area contributed by atoms with E-state index >= 15 is 0 Å². The summed E-state index contributed by atoms with van der Waals surface area (Å²) in [6.07, 6.45) is 2.45. The second-order valence-electron chi connectivity index (χ2n) is 6.82. The molecule has 0 spiro atoms. The minimum atomic E-state index is -4.75. The zero-order valence-corrected chi connectivity index (χ0v) is 17.0. The lowest BCUT2D eigenvalue weighted by molar-refractivity contribution is -0.867. The first-order valence-electron chi connectivity index (χ1n) is 7.05. The number of thioether (sulfide) groups is 2. The van der Waals surface area contributed by atoms with E-state index in [4.69, 9.17) is 5.11 Å². The number of carbonyl (C=O) groups is 1. The smallest absolute Gasteiger partial charge is 0.332 e. The highest BCUT2D eigenvalue weighted by atomic mass is 32.3. The van der Waals surface area contributed by atoms with Crippen LogP contribution in [-0.2, 0) is 14.9 Å². The Balaban J connectivity index is 0.000000277. The van der Waals surface area contributed by atoms with Gasteiger partial charge in [-0.05, 0) is 11.8 Å². The van der Waals surface area contributed by atoms with Crippen molar-refractivity contribution in [1.82, 2.24) is 0 Å². The lowest BCUT2D eigenvalue weighted by Crippen LogP contribution is -2.54. The van der Waals surface area contributed by atoms with Crippen molar-refractivity contribution in [3.63, 3.8) is 0 Å². The first-order chi connectivity index (χ1) is 11.2. The van der Waals surface area contributed by atoms with Crippen molar-refractivity contribution in [3.8, 4) is 0 Å². The summed E-state index contributed by atoms with van der Waals surface area (Å²) < 4.78 is 29.2. The van der Waals surface area contributed by atoms with E-state index < -0.39 is 40.0 Å². The number of hydrogen-bond donors (Lipinski definition) is 3. The summed E-state index contributed by atoms with van der Waals surface area (Å²) in [6, 6.07) is 0. The second kappa shape index (κ2) is 6.02. The van der Waals surface area contributed by atoms with Crippen LogP contribution in [0.3, 0.4) is 0 Å². The first kappa shape index (κ1) is 20.8. The Hall–Kier alpha value is -0.470. The third kappa shape index (κ3) is 2.88. The van der Waals surface area contributed by atoms with Gasteiger partial charge in [0.1, 0.15) is 0 Å². The predicted molar refractivity (Wildman–Crippen MR) is 99.2 cm³/mol. The molecule has 2 saturated heterocycles. The molecule has 4 unspecified atom stereocenters. The summed E-state index contributed by atoms with van der Waals surface area (Å²) in [5.74, 6) is -0.502. The molecule has 0 amide bonds. The van der Waals surface area contributed by atoms with Gasteiger partial charge < -0.3 is 9.59 Å². The van der Waals surface area contributed by atoms with Gasteiger partial charge in [-0.15, -0.1) is 11.8 Å². The van der Waals surface area contributed by atoms with Crippen LogP contribution in [0.5, 0.6) is 0 Å². The zero-order chi connectivity index (χ0) is 19.5. The Labute approximate surface area is 159 Å². The predicted octanol–water partition coefficient (Wildman–Crippen LogP) is 0.421. The molecule has 13 heteroatoms. The van der Waals surface area contributed by atoms with E-state index in [2.05, 4.69) is 33.8 Å². The molecule has 0 aromatic rings. The lowest BCUT2D eigenvalue weighted by atomic mass is 9.90. The average Bonchev–Trinajstić information content (AvgIpc) is 3.27. The highest BCUT2D eigenvalue weighted by Gasteiger charge is 3.01. The Morgan fingerprint density at radius 2 is 2.00 bits per heavy atom. The monoisotopic (exact) mass is 431 g/mol. The van der Waals surface area contributed by atoms with Gasteiger partial charge in [0.2, 0.25) is 8.83 Å². The topological polar surface area (TPSA) is 135 Å². The highest BCUT2D eigenvalue weighted by molar-refractivity contribution is 8.24. The molecular formula is C12H19N2O7S4+. The number of hydrogen-bond acceptors (Lipinski definition) is 8. The number of aliphatic carboxylic acids is 1. The van der Waals surface area contributed by atoms with Crippen LogP contribution >= 0.6 is 36.2 Å². The van der Waals surface area contributed by atoms with Crippen LogP contribution in [0.2, 0.25) is 0 Å². The van der Waals surface area contributed by atoms with Crippen molar-refractivity contribution in [3.05, 3.63) is 22.3 Å². The number of quaternary nitrogens is 1. The Morgan fingerprint density at radius 1 is 1.44 bits per heavy atom. The fourth-order valence-electron chi connectivity index (χ4n) is 2.74. The maximum atomic E-state index is 11.5. The molecule has 2 heterocycles. The van der Waals surface area contributed by atoms with Gasteiger partial charge in [0.25, 0.3) is 10.1 Å². The molecule has 9 nitrogen and oxygen atoms in total. The Bertz CT molecular complexity index is 749. The molecule has 0 aromatic heterocycles. The minimum Gasteiger partial charge on any atom is -0.480 e. The van der Waals surface area contributed by atoms with Gasteiger partial charge in [0.15, 0.2) is 0 Å². The molecule has 0 saturated carbocycles. The van der Waals surface area contributed by atoms with Crippen molar-refractivity contribution in [2.24, 2.45) is 0 Å². The molecular weight excluding hydrogens is 412 g/mol. The van der Waals surface area contributed by atoms with Crippen LogP contribution in [-0.4, -0.2) is 85.8 Å². The van der Waals surface area contributed by atoms with E-state index in [9.17, 15) is 27.9 Å². The molecule has 3 aliphatic rings. The molecule has 0 bridgehead atoms. The molecule has 2 aliphatic heterocycles. The highest BCUT2D eigenvalue weighted by Crippen LogP contribution is 2.83. The summed E-state index contributed by atoms with van der Waals surface area (Å²) in [6.45, 7) is 1.14. The maximum absolute atomic E-state index is 11.5. The second-order valence-corrected chi connectivity index (χ2v) is 11.9. The van der Waals surface area contributed by atoms with E-state index in [1.807, 2.05) is 0 Å². The number of thiol groups is 1. The average molecular weight is 432 g/mol. The van der Waals surface area contributed by atoms with E-state index in [1.54, 1.807) is 0 Å². The van der Waals surface area contributed by atoms with Crippen LogP contribution in [0.4, 0.5) is 0 Å². The molecule has 142 valence electrons. The quantitative estimate of drug-likeness (QED) is 0.108. The first-order valence-corrected chi connectivity index (χ1v) is 10.8. The molecule has 4 atom stereocenters. The minimum absolute atomic E-state index is 0.440. The van der Waals surface area contributed by atoms with Gasteiger partial charge in [-0.2, -0.15) is 21.0 Å². The SMILES string of the molecule is C[N+](C)(C)CCS.O=C(O)C12C=CC3SC3(S(=O)(=O)O)C1([N+](=O)[O-])S2. The van der Waals surface area contributed by atoms with E-state index in [1.165, 1.54) is 6.08 Å². The van der Waals surface area contributed by atoms with Crippen LogP contribution in [0, 0.1) is 10.1 Å². The largest absolute Gasteiger partial charge is 0.480 e. The van der Waals surface area contributed by atoms with E-state index in [0.29, 0.717) is 23.5 Å². The summed E-state index contributed by atoms with van der Waals surface area (Å²) in [5.41, 5.74) is 0. The molecule has 25 heavy (non-hydrogen) atoms. The van der Waals surface area contributed by atoms with Gasteiger partial charge in [-0.3, -0.25) is 19.5 Å². The molecule has 0 radical (unpaired) electrons. The van der Waals surface area contributed by atoms with Gasteiger partial charge in [0, 0.05) is 10.7 Å². The lowest BCUT2D eigenvalue weighted by Gasteiger charge is -2.22. The fraction of sp³-hybridized carbons (Fsp3) is 0.750. The summed E-state index contributed by atoms with van der Waals surface area (Å²) in [7, 11) is 1.74. The van der Waals surface area contributed by atoms with Gasteiger partial charge in [-0.25, -0.2) is 0 Å². The third-order valence-electron chi connectivity index (χ3n) is 4.10. The van der Waals surface area contributed by atoms with Crippen molar-refractivity contribution < 1.29 is 32.3 Å². The van der Waals surface area contributed by atoms with Gasteiger partial charge >= 0.3 is 10.8 Å². The van der Waals surface area contributed by atoms with E-state index in [-0.39, 0.29) is 0 Å². The van der Waals surface area contributed by atoms with Crippen LogP contribution in [0.15, 0.2) is 12.2 Å².